The van der Waals surface area contributed by atoms with Crippen LogP contribution < -0.4 is 16.2 Å². The maximum Gasteiger partial charge on any atom is 0.233 e. The Labute approximate surface area is 109 Å². The Kier molecular flexibility index (Phi) is 6.22. The van der Waals surface area contributed by atoms with E-state index in [1.165, 1.54) is 11.3 Å². The van der Waals surface area contributed by atoms with Crippen molar-refractivity contribution in [2.24, 2.45) is 5.84 Å². The zero-order valence-corrected chi connectivity index (χ0v) is 11.3. The molecule has 0 aliphatic carbocycles. The van der Waals surface area contributed by atoms with Crippen LogP contribution in [0.2, 0.25) is 0 Å². The van der Waals surface area contributed by atoms with Gasteiger partial charge in [-0.15, -0.1) is 0 Å². The Balaban J connectivity index is 2.38. The summed E-state index contributed by atoms with van der Waals surface area (Å²) in [5.41, 5.74) is 4.67. The van der Waals surface area contributed by atoms with Crippen molar-refractivity contribution < 1.29 is 4.79 Å². The van der Waals surface area contributed by atoms with E-state index in [9.17, 15) is 4.79 Å². The van der Waals surface area contributed by atoms with Gasteiger partial charge in [-0.25, -0.2) is 5.84 Å². The fraction of sp³-hybridized carbons (Fsp3) is 0.500. The molecule has 1 aromatic rings. The first-order valence-corrected chi connectivity index (χ1v) is 6.48. The number of benzene rings is 1. The van der Waals surface area contributed by atoms with Gasteiger partial charge in [0.05, 0.1) is 0 Å². The number of nitrogens with one attached hydrogen (secondary N) is 1. The molecule has 3 N–H and O–H groups in total. The maximum atomic E-state index is 11.0. The number of nitrogens with two attached hydrogens (primary N) is 1. The van der Waals surface area contributed by atoms with E-state index in [1.54, 1.807) is 0 Å². The molecule has 0 aromatic heterocycles. The van der Waals surface area contributed by atoms with Gasteiger partial charge in [-0.1, -0.05) is 17.7 Å². The Bertz CT molecular complexity index is 362. The van der Waals surface area contributed by atoms with Crippen LogP contribution in [0.3, 0.4) is 0 Å². The zero-order chi connectivity index (χ0) is 13.4. The molecule has 1 amide bonds. The van der Waals surface area contributed by atoms with Gasteiger partial charge in [0.15, 0.2) is 0 Å². The molecule has 18 heavy (non-hydrogen) atoms. The number of hydrogen-bond donors (Lipinski definition) is 2. The van der Waals surface area contributed by atoms with Crippen LogP contribution in [-0.2, 0) is 4.79 Å². The summed E-state index contributed by atoms with van der Waals surface area (Å²) in [6.07, 6.45) is 2.36. The van der Waals surface area contributed by atoms with E-state index in [4.69, 9.17) is 5.84 Å². The number of amides is 1. The molecule has 0 radical (unpaired) electrons. The molecule has 0 saturated heterocycles. The minimum absolute atomic E-state index is 0.0895. The molecule has 0 heterocycles. The predicted octanol–water partition coefficient (Wildman–Crippen LogP) is 1.98. The van der Waals surface area contributed by atoms with E-state index in [0.717, 1.165) is 25.9 Å². The summed E-state index contributed by atoms with van der Waals surface area (Å²) < 4.78 is 0. The van der Waals surface area contributed by atoms with E-state index in [-0.39, 0.29) is 5.91 Å². The highest BCUT2D eigenvalue weighted by molar-refractivity contribution is 5.75. The van der Waals surface area contributed by atoms with Gasteiger partial charge in [0.1, 0.15) is 0 Å². The van der Waals surface area contributed by atoms with Gasteiger partial charge in [0, 0.05) is 25.2 Å². The first-order valence-electron chi connectivity index (χ1n) is 6.48. The second-order valence-electron chi connectivity index (χ2n) is 4.44. The van der Waals surface area contributed by atoms with Crippen LogP contribution in [0.5, 0.6) is 0 Å². The highest BCUT2D eigenvalue weighted by atomic mass is 16.2. The number of carbonyl (C=O) groups is 1. The fourth-order valence-electron chi connectivity index (χ4n) is 1.89. The van der Waals surface area contributed by atoms with Crippen molar-refractivity contribution >= 4 is 11.6 Å². The lowest BCUT2D eigenvalue weighted by Crippen LogP contribution is -2.30. The standard InChI is InChI=1S/C14H23N3O/c1-3-17(11-5-4-6-14(18)16-15)13-9-7-12(2)8-10-13/h7-10H,3-6,11,15H2,1-2H3,(H,16,18). The van der Waals surface area contributed by atoms with Crippen LogP contribution in [0.4, 0.5) is 5.69 Å². The number of hydrazine groups is 1. The van der Waals surface area contributed by atoms with Gasteiger partial charge >= 0.3 is 0 Å². The van der Waals surface area contributed by atoms with Gasteiger partial charge in [0.2, 0.25) is 5.91 Å². The molecule has 0 atom stereocenters. The summed E-state index contributed by atoms with van der Waals surface area (Å²) in [7, 11) is 0. The quantitative estimate of drug-likeness (QED) is 0.336. The number of rotatable bonds is 7. The number of carbonyl (C=O) groups excluding carboxylic acids is 1. The summed E-state index contributed by atoms with van der Waals surface area (Å²) in [6.45, 7) is 6.18. The number of nitrogens with zero attached hydrogens (tertiary/aromatic N) is 1. The number of aryl methyl sites for hydroxylation is 1. The monoisotopic (exact) mass is 249 g/mol. The summed E-state index contributed by atoms with van der Waals surface area (Å²) >= 11 is 0. The highest BCUT2D eigenvalue weighted by Crippen LogP contribution is 2.15. The number of hydrogen-bond acceptors (Lipinski definition) is 3. The van der Waals surface area contributed by atoms with Crippen LogP contribution in [0.15, 0.2) is 24.3 Å². The molecule has 4 heteroatoms. The van der Waals surface area contributed by atoms with Crippen molar-refractivity contribution in [1.29, 1.82) is 0 Å². The van der Waals surface area contributed by atoms with Crippen molar-refractivity contribution in [3.8, 4) is 0 Å². The second kappa shape index (κ2) is 7.71. The lowest BCUT2D eigenvalue weighted by atomic mass is 10.2. The van der Waals surface area contributed by atoms with Crippen LogP contribution in [0.25, 0.3) is 0 Å². The highest BCUT2D eigenvalue weighted by Gasteiger charge is 2.04. The smallest absolute Gasteiger partial charge is 0.233 e. The summed E-state index contributed by atoms with van der Waals surface area (Å²) in [6, 6.07) is 8.54. The third kappa shape index (κ3) is 4.75. The summed E-state index contributed by atoms with van der Waals surface area (Å²) in [5.74, 6) is 4.95. The molecular formula is C14H23N3O. The minimum atomic E-state index is -0.0895. The molecule has 0 spiro atoms. The van der Waals surface area contributed by atoms with Gasteiger partial charge in [0.25, 0.3) is 0 Å². The van der Waals surface area contributed by atoms with Crippen molar-refractivity contribution in [2.75, 3.05) is 18.0 Å². The molecule has 1 aromatic carbocycles. The number of anilines is 1. The van der Waals surface area contributed by atoms with Crippen LogP contribution in [0, 0.1) is 6.92 Å². The molecule has 0 aliphatic rings. The fourth-order valence-corrected chi connectivity index (χ4v) is 1.89. The average molecular weight is 249 g/mol. The van der Waals surface area contributed by atoms with Crippen LogP contribution in [0.1, 0.15) is 31.7 Å². The second-order valence-corrected chi connectivity index (χ2v) is 4.44. The van der Waals surface area contributed by atoms with Gasteiger partial charge in [-0.05, 0) is 38.8 Å². The predicted molar refractivity (Wildman–Crippen MR) is 75.2 cm³/mol. The Morgan fingerprint density at radius 1 is 1.28 bits per heavy atom. The third-order valence-corrected chi connectivity index (χ3v) is 3.02. The first kappa shape index (κ1) is 14.5. The van der Waals surface area contributed by atoms with Gasteiger partial charge in [-0.3, -0.25) is 10.2 Å². The van der Waals surface area contributed by atoms with Gasteiger partial charge < -0.3 is 4.90 Å². The number of unbranched alkanes of at least 4 members (excludes halogenated alkanes) is 1. The van der Waals surface area contributed by atoms with E-state index in [0.29, 0.717) is 6.42 Å². The van der Waals surface area contributed by atoms with E-state index in [1.807, 2.05) is 0 Å². The first-order chi connectivity index (χ1) is 8.67. The minimum Gasteiger partial charge on any atom is -0.372 e. The normalized spacial score (nSPS) is 10.2. The molecule has 1 rings (SSSR count). The molecule has 0 fully saturated rings. The third-order valence-electron chi connectivity index (χ3n) is 3.02. The Morgan fingerprint density at radius 3 is 2.50 bits per heavy atom. The molecule has 100 valence electrons. The van der Waals surface area contributed by atoms with Crippen molar-refractivity contribution in [2.45, 2.75) is 33.1 Å². The molecule has 4 nitrogen and oxygen atoms in total. The van der Waals surface area contributed by atoms with Crippen molar-refractivity contribution in [3.05, 3.63) is 29.8 Å². The van der Waals surface area contributed by atoms with Crippen molar-refractivity contribution in [1.82, 2.24) is 5.43 Å². The van der Waals surface area contributed by atoms with Gasteiger partial charge in [-0.2, -0.15) is 0 Å². The summed E-state index contributed by atoms with van der Waals surface area (Å²) in [4.78, 5) is 13.3. The lowest BCUT2D eigenvalue weighted by Gasteiger charge is -2.23. The maximum absolute atomic E-state index is 11.0. The zero-order valence-electron chi connectivity index (χ0n) is 11.3. The van der Waals surface area contributed by atoms with E-state index in [2.05, 4.69) is 48.4 Å². The molecule has 0 aliphatic heterocycles. The largest absolute Gasteiger partial charge is 0.372 e. The van der Waals surface area contributed by atoms with Crippen LogP contribution >= 0.6 is 0 Å². The Morgan fingerprint density at radius 2 is 1.94 bits per heavy atom. The molecule has 0 unspecified atom stereocenters. The molecular weight excluding hydrogens is 226 g/mol. The molecule has 0 bridgehead atoms. The van der Waals surface area contributed by atoms with Crippen molar-refractivity contribution in [3.63, 3.8) is 0 Å². The topological polar surface area (TPSA) is 58.4 Å². The SMILES string of the molecule is CCN(CCCCC(=O)NN)c1ccc(C)cc1. The molecule has 0 saturated carbocycles. The Hall–Kier alpha value is -1.55. The van der Waals surface area contributed by atoms with Crippen LogP contribution in [-0.4, -0.2) is 19.0 Å². The lowest BCUT2D eigenvalue weighted by molar-refractivity contribution is -0.121. The van der Waals surface area contributed by atoms with E-state index >= 15 is 0 Å². The summed E-state index contributed by atoms with van der Waals surface area (Å²) in [5, 5.41) is 0. The van der Waals surface area contributed by atoms with E-state index < -0.39 is 0 Å². The average Bonchev–Trinajstić information content (AvgIpc) is 2.40.